The largest absolute Gasteiger partial charge is 0.390 e. The highest BCUT2D eigenvalue weighted by atomic mass is 32.2. The van der Waals surface area contributed by atoms with Crippen LogP contribution in [0.5, 0.6) is 0 Å². The van der Waals surface area contributed by atoms with Crippen molar-refractivity contribution in [1.29, 1.82) is 0 Å². The molecule has 9 nitrogen and oxygen atoms in total. The van der Waals surface area contributed by atoms with Crippen LogP contribution in [0, 0.1) is 0 Å². The van der Waals surface area contributed by atoms with Crippen molar-refractivity contribution in [1.82, 2.24) is 9.97 Å². The van der Waals surface area contributed by atoms with E-state index < -0.39 is 28.2 Å². The van der Waals surface area contributed by atoms with Gasteiger partial charge in [-0.15, -0.1) is 15.7 Å². The van der Waals surface area contributed by atoms with E-state index in [9.17, 15) is 19.2 Å². The van der Waals surface area contributed by atoms with E-state index in [1.807, 2.05) is 0 Å². The summed E-state index contributed by atoms with van der Waals surface area (Å²) in [5.74, 6) is 0. The molecule has 0 saturated carbocycles. The van der Waals surface area contributed by atoms with Gasteiger partial charge in [-0.3, -0.25) is 4.98 Å². The number of carbonyl (C=O) groups excluding carboxylic acids is 1. The van der Waals surface area contributed by atoms with Gasteiger partial charge in [0, 0.05) is 11.1 Å². The molecule has 2 amide bonds. The van der Waals surface area contributed by atoms with E-state index in [-0.39, 0.29) is 15.4 Å². The number of thiazole rings is 1. The molecule has 1 unspecified atom stereocenters. The number of fused-ring (bicyclic) bond motifs is 2. The maximum Gasteiger partial charge on any atom is 0.354 e. The molecule has 174 valence electrons. The Morgan fingerprint density at radius 3 is 2.62 bits per heavy atom. The number of nitrogens with one attached hydrogen (secondary N) is 1. The van der Waals surface area contributed by atoms with Crippen LogP contribution >= 0.6 is 11.3 Å². The number of nitrogens with zero attached hydrogens (tertiary/aromatic N) is 3. The van der Waals surface area contributed by atoms with Crippen LogP contribution in [0.1, 0.15) is 73.6 Å². The number of hydrogen-bond acceptors (Lipinski definition) is 7. The highest BCUT2D eigenvalue weighted by Gasteiger charge is 2.36. The third-order valence-corrected chi connectivity index (χ3v) is 9.25. The average molecular weight is 480 g/mol. The summed E-state index contributed by atoms with van der Waals surface area (Å²) in [7, 11) is -3.67. The Balaban J connectivity index is 1.71. The Labute approximate surface area is 191 Å². The van der Waals surface area contributed by atoms with Gasteiger partial charge in [0.15, 0.2) is 9.92 Å². The second-order valence-corrected chi connectivity index (χ2v) is 12.5. The lowest BCUT2D eigenvalue weighted by Crippen LogP contribution is -2.20. The summed E-state index contributed by atoms with van der Waals surface area (Å²) in [4.78, 5) is 22.2. The van der Waals surface area contributed by atoms with Gasteiger partial charge in [-0.2, -0.15) is 0 Å². The fourth-order valence-corrected chi connectivity index (χ4v) is 6.72. The molecule has 0 bridgehead atoms. The quantitative estimate of drug-likeness (QED) is 0.529. The zero-order valence-electron chi connectivity index (χ0n) is 18.7. The normalized spacial score (nSPS) is 18.7. The smallest absolute Gasteiger partial charge is 0.354 e. The first kappa shape index (κ1) is 23.2. The molecular weight excluding hydrogens is 450 g/mol. The summed E-state index contributed by atoms with van der Waals surface area (Å²) < 4.78 is 16.7. The number of anilines is 1. The van der Waals surface area contributed by atoms with Crippen LogP contribution in [0.3, 0.4) is 0 Å². The van der Waals surface area contributed by atoms with Crippen molar-refractivity contribution >= 4 is 33.0 Å². The van der Waals surface area contributed by atoms with Gasteiger partial charge in [0.05, 0.1) is 34.2 Å². The van der Waals surface area contributed by atoms with Gasteiger partial charge in [0.25, 0.3) is 0 Å². The standard InChI is InChI=1S/C21H29N5O4S2/c1-20(2)9-8-12-15(11-6-5-7-13(11)23-16(12)20)25-18(28)26-32(22,30)19-24-14(10-27)17(31-19)21(3,4)29/h27,29H,5-10H2,1-4H3,(H3,22,23,25,26,28,30). The Morgan fingerprint density at radius 1 is 1.28 bits per heavy atom. The summed E-state index contributed by atoms with van der Waals surface area (Å²) in [6.45, 7) is 6.90. The maximum atomic E-state index is 13.1. The number of aryl methyl sites for hydroxylation is 1. The van der Waals surface area contributed by atoms with Crippen molar-refractivity contribution in [3.05, 3.63) is 33.1 Å². The SMILES string of the molecule is CC(C)(O)c1sc(S(N)(=O)=NC(=O)Nc2c3c(nc4c2CCC4(C)C)CCC3)nc1CO. The van der Waals surface area contributed by atoms with Crippen molar-refractivity contribution in [3.8, 4) is 0 Å². The fourth-order valence-electron chi connectivity index (χ4n) is 4.47. The van der Waals surface area contributed by atoms with Crippen molar-refractivity contribution in [2.24, 2.45) is 9.50 Å². The molecule has 4 rings (SSSR count). The monoisotopic (exact) mass is 479 g/mol. The Morgan fingerprint density at radius 2 is 2.00 bits per heavy atom. The number of hydrogen-bond donors (Lipinski definition) is 4. The molecule has 1 atom stereocenters. The molecule has 0 aliphatic heterocycles. The third-order valence-electron chi connectivity index (χ3n) is 6.05. The molecule has 2 aromatic rings. The summed E-state index contributed by atoms with van der Waals surface area (Å²) in [6.07, 6.45) is 4.41. The number of aromatic nitrogens is 2. The lowest BCUT2D eigenvalue weighted by molar-refractivity contribution is 0.0796. The van der Waals surface area contributed by atoms with Crippen LogP contribution in [-0.4, -0.2) is 30.4 Å². The molecule has 32 heavy (non-hydrogen) atoms. The first-order valence-corrected chi connectivity index (χ1v) is 13.0. The summed E-state index contributed by atoms with van der Waals surface area (Å²) in [5.41, 5.74) is 3.56. The number of nitrogens with two attached hydrogens (primary N) is 1. The van der Waals surface area contributed by atoms with E-state index in [1.165, 1.54) is 13.8 Å². The molecule has 5 N–H and O–H groups in total. The zero-order valence-corrected chi connectivity index (χ0v) is 20.3. The Kier molecular flexibility index (Phi) is 5.70. The number of rotatable bonds is 4. The molecule has 0 fully saturated rings. The van der Waals surface area contributed by atoms with Gasteiger partial charge in [-0.25, -0.2) is 19.1 Å². The van der Waals surface area contributed by atoms with Gasteiger partial charge in [-0.1, -0.05) is 13.8 Å². The van der Waals surface area contributed by atoms with E-state index in [2.05, 4.69) is 28.5 Å². The van der Waals surface area contributed by atoms with Crippen LogP contribution in [0.4, 0.5) is 10.5 Å². The van der Waals surface area contributed by atoms with E-state index in [1.54, 1.807) is 0 Å². The van der Waals surface area contributed by atoms with Crippen LogP contribution in [0.25, 0.3) is 0 Å². The minimum atomic E-state index is -3.67. The van der Waals surface area contributed by atoms with Crippen molar-refractivity contribution in [2.75, 3.05) is 5.32 Å². The highest BCUT2D eigenvalue weighted by Crippen LogP contribution is 2.44. The van der Waals surface area contributed by atoms with E-state index in [4.69, 9.17) is 10.1 Å². The second-order valence-electron chi connectivity index (χ2n) is 9.54. The van der Waals surface area contributed by atoms with Gasteiger partial charge < -0.3 is 15.5 Å². The predicted molar refractivity (Wildman–Crippen MR) is 123 cm³/mol. The predicted octanol–water partition coefficient (Wildman–Crippen LogP) is 2.90. The summed E-state index contributed by atoms with van der Waals surface area (Å²) in [5, 5.41) is 28.6. The first-order valence-electron chi connectivity index (χ1n) is 10.6. The maximum absolute atomic E-state index is 13.1. The molecular formula is C21H29N5O4S2. The number of pyridine rings is 1. The molecule has 0 spiro atoms. The van der Waals surface area contributed by atoms with Gasteiger partial charge in [0.2, 0.25) is 4.34 Å². The topological polar surface area (TPSA) is 151 Å². The number of carbonyl (C=O) groups is 1. The van der Waals surface area contributed by atoms with Crippen LogP contribution < -0.4 is 10.5 Å². The lowest BCUT2D eigenvalue weighted by Gasteiger charge is -2.20. The minimum Gasteiger partial charge on any atom is -0.390 e. The molecule has 2 aliphatic carbocycles. The van der Waals surface area contributed by atoms with Crippen LogP contribution in [-0.2, 0) is 46.8 Å². The molecule has 2 aromatic heterocycles. The van der Waals surface area contributed by atoms with Crippen LogP contribution in [0.15, 0.2) is 8.70 Å². The average Bonchev–Trinajstić information content (AvgIpc) is 3.38. The van der Waals surface area contributed by atoms with E-state index in [0.717, 1.165) is 71.6 Å². The minimum absolute atomic E-state index is 0.0694. The fraction of sp³-hybridized carbons (Fsp3) is 0.571. The van der Waals surface area contributed by atoms with Crippen LogP contribution in [0.2, 0.25) is 0 Å². The summed E-state index contributed by atoms with van der Waals surface area (Å²) >= 11 is 0.881. The molecule has 2 heterocycles. The third kappa shape index (κ3) is 4.08. The number of urea groups is 1. The Hall–Kier alpha value is -1.92. The van der Waals surface area contributed by atoms with Crippen molar-refractivity contribution in [2.45, 2.75) is 81.8 Å². The van der Waals surface area contributed by atoms with Crippen molar-refractivity contribution in [3.63, 3.8) is 0 Å². The first-order chi connectivity index (χ1) is 14.8. The van der Waals surface area contributed by atoms with E-state index in [0.29, 0.717) is 4.88 Å². The molecule has 0 saturated heterocycles. The van der Waals surface area contributed by atoms with Crippen molar-refractivity contribution < 1.29 is 19.2 Å². The molecule has 2 aliphatic rings. The lowest BCUT2D eigenvalue weighted by atomic mass is 9.90. The molecule has 0 aromatic carbocycles. The van der Waals surface area contributed by atoms with Gasteiger partial charge in [0.1, 0.15) is 0 Å². The summed E-state index contributed by atoms with van der Waals surface area (Å²) in [6, 6.07) is -0.810. The van der Waals surface area contributed by atoms with Gasteiger partial charge in [-0.05, 0) is 57.1 Å². The Bertz CT molecular complexity index is 1220. The molecule has 0 radical (unpaired) electrons. The molecule has 11 heteroatoms. The number of aliphatic hydroxyl groups excluding tert-OH is 1. The number of amides is 2. The second kappa shape index (κ2) is 7.84. The highest BCUT2D eigenvalue weighted by molar-refractivity contribution is 7.93. The zero-order chi connectivity index (χ0) is 23.5. The number of aliphatic hydroxyl groups is 2. The van der Waals surface area contributed by atoms with Gasteiger partial charge >= 0.3 is 6.03 Å². The van der Waals surface area contributed by atoms with E-state index >= 15 is 0 Å².